The highest BCUT2D eigenvalue weighted by Crippen LogP contribution is 2.58. The van der Waals surface area contributed by atoms with E-state index in [9.17, 15) is 0 Å². The van der Waals surface area contributed by atoms with Crippen LogP contribution in [0.5, 0.6) is 0 Å². The van der Waals surface area contributed by atoms with Crippen LogP contribution in [0.3, 0.4) is 0 Å². The van der Waals surface area contributed by atoms with Gasteiger partial charge in [0.15, 0.2) is 0 Å². The molecule has 0 aromatic carbocycles. The first-order valence-electron chi connectivity index (χ1n) is 5.02. The summed E-state index contributed by atoms with van der Waals surface area (Å²) in [4.78, 5) is 3.45. The lowest BCUT2D eigenvalue weighted by atomic mass is 9.93. The van der Waals surface area contributed by atoms with E-state index in [-0.39, 0.29) is 0 Å². The molecule has 2 rings (SSSR count). The van der Waals surface area contributed by atoms with Crippen molar-refractivity contribution in [3.05, 3.63) is 0 Å². The fourth-order valence-corrected chi connectivity index (χ4v) is 3.40. The van der Waals surface area contributed by atoms with E-state index in [4.69, 9.17) is 0 Å². The molecule has 0 N–H and O–H groups in total. The molecule has 0 aromatic rings. The first-order chi connectivity index (χ1) is 5.64. The van der Waals surface area contributed by atoms with E-state index in [0.717, 1.165) is 16.3 Å². The number of likely N-dealkylation sites (tertiary alicyclic amines) is 1. The predicted molar refractivity (Wildman–Crippen MR) is 55.7 cm³/mol. The number of hydrogen-bond acceptors (Lipinski definition) is 1. The first-order valence-corrected chi connectivity index (χ1v) is 5.94. The number of alkyl halides is 1. The Morgan fingerprint density at radius 2 is 1.83 bits per heavy atom. The van der Waals surface area contributed by atoms with E-state index in [1.54, 1.807) is 0 Å². The van der Waals surface area contributed by atoms with Crippen molar-refractivity contribution in [1.82, 2.24) is 4.90 Å². The molecule has 0 bridgehead atoms. The van der Waals surface area contributed by atoms with Crippen LogP contribution in [-0.4, -0.2) is 28.9 Å². The minimum absolute atomic E-state index is 0.728. The fourth-order valence-electron chi connectivity index (χ4n) is 2.30. The summed E-state index contributed by atoms with van der Waals surface area (Å²) in [6.07, 6.45) is 4.27. The minimum Gasteiger partial charge on any atom is -0.301 e. The molecule has 1 aliphatic carbocycles. The van der Waals surface area contributed by atoms with Gasteiger partial charge in [-0.25, -0.2) is 0 Å². The van der Waals surface area contributed by atoms with Crippen molar-refractivity contribution in [1.29, 1.82) is 0 Å². The van der Waals surface area contributed by atoms with Crippen LogP contribution in [0.4, 0.5) is 0 Å². The average Bonchev–Trinajstić information content (AvgIpc) is 2.62. The molecule has 12 heavy (non-hydrogen) atoms. The van der Waals surface area contributed by atoms with E-state index in [0.29, 0.717) is 0 Å². The molecule has 70 valence electrons. The zero-order valence-electron chi connectivity index (χ0n) is 8.02. The van der Waals surface area contributed by atoms with Crippen LogP contribution in [0.25, 0.3) is 0 Å². The van der Waals surface area contributed by atoms with Gasteiger partial charge in [0.2, 0.25) is 0 Å². The van der Waals surface area contributed by atoms with Crippen LogP contribution in [-0.2, 0) is 0 Å². The Balaban J connectivity index is 1.86. The maximum atomic E-state index is 3.74. The summed E-state index contributed by atoms with van der Waals surface area (Å²) in [6.45, 7) is 7.24. The van der Waals surface area contributed by atoms with Crippen LogP contribution in [0.1, 0.15) is 33.1 Å². The van der Waals surface area contributed by atoms with Gasteiger partial charge in [-0.05, 0) is 51.6 Å². The molecular weight excluding hydrogens is 214 g/mol. The van der Waals surface area contributed by atoms with E-state index >= 15 is 0 Å². The third-order valence-corrected chi connectivity index (χ3v) is 4.91. The van der Waals surface area contributed by atoms with Crippen molar-refractivity contribution >= 4 is 15.9 Å². The molecule has 0 aromatic heterocycles. The number of piperidine rings is 1. The van der Waals surface area contributed by atoms with E-state index in [1.807, 2.05) is 0 Å². The Morgan fingerprint density at radius 3 is 2.17 bits per heavy atom. The van der Waals surface area contributed by atoms with Gasteiger partial charge < -0.3 is 4.90 Å². The lowest BCUT2D eigenvalue weighted by Crippen LogP contribution is -2.39. The normalized spacial score (nSPS) is 34.5. The summed E-state index contributed by atoms with van der Waals surface area (Å²) in [5, 5.41) is 0. The summed E-state index contributed by atoms with van der Waals surface area (Å²) >= 11 is 3.74. The maximum absolute atomic E-state index is 3.74. The molecule has 0 radical (unpaired) electrons. The van der Waals surface area contributed by atoms with Crippen molar-refractivity contribution in [3.63, 3.8) is 0 Å². The molecule has 1 heterocycles. The lowest BCUT2D eigenvalue weighted by Gasteiger charge is -2.35. The topological polar surface area (TPSA) is 3.24 Å². The minimum atomic E-state index is 0.728. The molecule has 1 nitrogen and oxygen atoms in total. The highest BCUT2D eigenvalue weighted by Gasteiger charge is 2.53. The zero-order chi connectivity index (χ0) is 8.77. The Morgan fingerprint density at radius 1 is 1.33 bits per heavy atom. The molecular formula is C10H18BrN. The second-order valence-corrected chi connectivity index (χ2v) is 5.77. The van der Waals surface area contributed by atoms with E-state index < -0.39 is 0 Å². The van der Waals surface area contributed by atoms with Gasteiger partial charge in [0.1, 0.15) is 0 Å². The van der Waals surface area contributed by atoms with Crippen molar-refractivity contribution in [2.45, 2.75) is 44.0 Å². The molecule has 2 fully saturated rings. The molecule has 1 saturated carbocycles. The van der Waals surface area contributed by atoms with Gasteiger partial charge in [-0.2, -0.15) is 0 Å². The maximum Gasteiger partial charge on any atom is 0.0209 e. The van der Waals surface area contributed by atoms with Gasteiger partial charge in [0.05, 0.1) is 0 Å². The summed E-state index contributed by atoms with van der Waals surface area (Å²) < 4.78 is 0. The van der Waals surface area contributed by atoms with Crippen molar-refractivity contribution in [2.75, 3.05) is 13.1 Å². The van der Waals surface area contributed by atoms with E-state index in [1.165, 1.54) is 32.4 Å². The van der Waals surface area contributed by atoms with Crippen LogP contribution in [0.2, 0.25) is 0 Å². The van der Waals surface area contributed by atoms with Crippen LogP contribution in [0.15, 0.2) is 0 Å². The second kappa shape index (κ2) is 2.98. The van der Waals surface area contributed by atoms with Gasteiger partial charge in [-0.1, -0.05) is 15.9 Å². The summed E-state index contributed by atoms with van der Waals surface area (Å²) in [5.41, 5.74) is 0.728. The highest BCUT2D eigenvalue weighted by molar-refractivity contribution is 9.09. The van der Waals surface area contributed by atoms with E-state index in [2.05, 4.69) is 34.7 Å². The fraction of sp³-hybridized carbons (Fsp3) is 1.00. The summed E-state index contributed by atoms with van der Waals surface area (Å²) in [6, 6.07) is 0.745. The zero-order valence-corrected chi connectivity index (χ0v) is 9.60. The standard InChI is InChI=1S/C10H18BrN/c1-8(2)12-5-3-10(4-6-12)7-9(10)11/h8-9H,3-7H2,1-2H3. The molecule has 1 spiro atoms. The van der Waals surface area contributed by atoms with Crippen LogP contribution >= 0.6 is 15.9 Å². The van der Waals surface area contributed by atoms with Crippen molar-refractivity contribution in [3.8, 4) is 0 Å². The average molecular weight is 232 g/mol. The Kier molecular flexibility index (Phi) is 2.24. The Bertz CT molecular complexity index is 171. The molecule has 2 aliphatic rings. The Labute approximate surface area is 83.6 Å². The van der Waals surface area contributed by atoms with Crippen LogP contribution in [0, 0.1) is 5.41 Å². The molecule has 1 saturated heterocycles. The van der Waals surface area contributed by atoms with Gasteiger partial charge in [-0.15, -0.1) is 0 Å². The summed E-state index contributed by atoms with van der Waals surface area (Å²) in [7, 11) is 0. The van der Waals surface area contributed by atoms with Crippen molar-refractivity contribution < 1.29 is 0 Å². The van der Waals surface area contributed by atoms with Gasteiger partial charge >= 0.3 is 0 Å². The molecule has 1 aliphatic heterocycles. The van der Waals surface area contributed by atoms with Gasteiger partial charge in [-0.3, -0.25) is 0 Å². The predicted octanol–water partition coefficient (Wildman–Crippen LogP) is 2.64. The van der Waals surface area contributed by atoms with Crippen molar-refractivity contribution in [2.24, 2.45) is 5.41 Å². The monoisotopic (exact) mass is 231 g/mol. The first kappa shape index (κ1) is 9.01. The lowest BCUT2D eigenvalue weighted by molar-refractivity contribution is 0.141. The molecule has 2 heteroatoms. The number of rotatable bonds is 1. The van der Waals surface area contributed by atoms with Gasteiger partial charge in [0.25, 0.3) is 0 Å². The number of hydrogen-bond donors (Lipinski definition) is 0. The largest absolute Gasteiger partial charge is 0.301 e. The molecule has 1 unspecified atom stereocenters. The highest BCUT2D eigenvalue weighted by atomic mass is 79.9. The molecule has 1 atom stereocenters. The third-order valence-electron chi connectivity index (χ3n) is 3.61. The Hall–Kier alpha value is 0.440. The summed E-state index contributed by atoms with van der Waals surface area (Å²) in [5.74, 6) is 0. The quantitative estimate of drug-likeness (QED) is 0.628. The third kappa shape index (κ3) is 1.44. The molecule has 0 amide bonds. The number of halogens is 1. The number of nitrogens with zero attached hydrogens (tertiary/aromatic N) is 1. The van der Waals surface area contributed by atoms with Gasteiger partial charge in [0, 0.05) is 10.9 Å². The smallest absolute Gasteiger partial charge is 0.0209 e. The second-order valence-electron chi connectivity index (χ2n) is 4.66. The van der Waals surface area contributed by atoms with Crippen LogP contribution < -0.4 is 0 Å². The SMILES string of the molecule is CC(C)N1CCC2(CC1)CC2Br.